The molecule has 1 fully saturated rings. The monoisotopic (exact) mass is 521 g/mol. The molecule has 0 saturated carbocycles. The molecule has 3 aromatic rings. The first-order valence-corrected chi connectivity index (χ1v) is 12.0. The molecule has 6 nitrogen and oxygen atoms in total. The Morgan fingerprint density at radius 3 is 2.47 bits per heavy atom. The number of nitriles is 1. The first-order valence-electron chi connectivity index (χ1n) is 12.0. The number of rotatable bonds is 7. The summed E-state index contributed by atoms with van der Waals surface area (Å²) in [4.78, 5) is 13.2. The van der Waals surface area contributed by atoms with E-state index in [0.717, 1.165) is 11.6 Å². The van der Waals surface area contributed by atoms with Gasteiger partial charge in [-0.15, -0.1) is 0 Å². The molecule has 0 radical (unpaired) electrons. The Balaban J connectivity index is 1.74. The molecule has 3 aromatic carbocycles. The topological polar surface area (TPSA) is 96.6 Å². The Bertz CT molecular complexity index is 1380. The van der Waals surface area contributed by atoms with Gasteiger partial charge >= 0.3 is 12.1 Å². The number of piperazine rings is 1. The lowest BCUT2D eigenvalue weighted by atomic mass is 9.94. The molecule has 38 heavy (non-hydrogen) atoms. The molecule has 0 aromatic heterocycles. The summed E-state index contributed by atoms with van der Waals surface area (Å²) in [6.07, 6.45) is -1.93. The molecule has 0 amide bonds. The number of hydrogen-bond acceptors (Lipinski definition) is 5. The predicted octanol–water partition coefficient (Wildman–Crippen LogP) is 4.77. The van der Waals surface area contributed by atoms with Gasteiger partial charge in [-0.1, -0.05) is 60.7 Å². The van der Waals surface area contributed by atoms with Gasteiger partial charge in [0.15, 0.2) is 0 Å². The van der Waals surface area contributed by atoms with Crippen LogP contribution in [-0.2, 0) is 24.1 Å². The van der Waals surface area contributed by atoms with Crippen LogP contribution in [0.3, 0.4) is 0 Å². The molecule has 9 heteroatoms. The van der Waals surface area contributed by atoms with Crippen molar-refractivity contribution in [1.29, 1.82) is 5.26 Å². The fourth-order valence-corrected chi connectivity index (χ4v) is 4.66. The third-order valence-electron chi connectivity index (χ3n) is 6.60. The van der Waals surface area contributed by atoms with Gasteiger partial charge in [-0.2, -0.15) is 18.4 Å². The molecular formula is C29H26F3N3O3. The summed E-state index contributed by atoms with van der Waals surface area (Å²) >= 11 is 0. The molecule has 0 spiro atoms. The van der Waals surface area contributed by atoms with Crippen LogP contribution < -0.4 is 5.32 Å². The summed E-state index contributed by atoms with van der Waals surface area (Å²) < 4.78 is 42.4. The smallest absolute Gasteiger partial charge is 0.416 e. The van der Waals surface area contributed by atoms with Crippen LogP contribution >= 0.6 is 0 Å². The molecule has 0 aliphatic carbocycles. The number of aliphatic carboxylic acids is 1. The maximum Gasteiger partial charge on any atom is 0.416 e. The van der Waals surface area contributed by atoms with Crippen molar-refractivity contribution in [3.8, 4) is 17.2 Å². The zero-order valence-electron chi connectivity index (χ0n) is 20.4. The van der Waals surface area contributed by atoms with E-state index in [2.05, 4.69) is 11.4 Å². The number of aliphatic hydroxyl groups excluding tert-OH is 1. The summed E-state index contributed by atoms with van der Waals surface area (Å²) in [5, 5.41) is 32.3. The number of nitrogens with one attached hydrogen (secondary N) is 1. The molecule has 1 saturated heterocycles. The third kappa shape index (κ3) is 5.94. The molecule has 4 rings (SSSR count). The van der Waals surface area contributed by atoms with Crippen LogP contribution in [0.5, 0.6) is 0 Å². The summed E-state index contributed by atoms with van der Waals surface area (Å²) in [7, 11) is 0. The Morgan fingerprint density at radius 1 is 1.08 bits per heavy atom. The Morgan fingerprint density at radius 2 is 1.82 bits per heavy atom. The van der Waals surface area contributed by atoms with Crippen LogP contribution in [0, 0.1) is 11.3 Å². The van der Waals surface area contributed by atoms with Gasteiger partial charge in [0.2, 0.25) is 0 Å². The quantitative estimate of drug-likeness (QED) is 0.388. The highest BCUT2D eigenvalue weighted by atomic mass is 19.4. The van der Waals surface area contributed by atoms with E-state index >= 15 is 0 Å². The van der Waals surface area contributed by atoms with E-state index in [0.29, 0.717) is 29.8 Å². The molecule has 196 valence electrons. The maximum atomic E-state index is 14.1. The Labute approximate surface area is 218 Å². The lowest BCUT2D eigenvalue weighted by Crippen LogP contribution is -2.54. The summed E-state index contributed by atoms with van der Waals surface area (Å²) in [5.74, 6) is -1.07. The van der Waals surface area contributed by atoms with Gasteiger partial charge < -0.3 is 15.5 Å². The third-order valence-corrected chi connectivity index (χ3v) is 6.60. The highest BCUT2D eigenvalue weighted by molar-refractivity contribution is 5.81. The van der Waals surface area contributed by atoms with E-state index in [-0.39, 0.29) is 29.8 Å². The van der Waals surface area contributed by atoms with Gasteiger partial charge in [0.1, 0.15) is 12.1 Å². The first-order chi connectivity index (χ1) is 18.2. The van der Waals surface area contributed by atoms with E-state index in [4.69, 9.17) is 0 Å². The van der Waals surface area contributed by atoms with E-state index in [1.54, 1.807) is 23.1 Å². The number of carboxylic acid groups (broad SMARTS) is 1. The van der Waals surface area contributed by atoms with Crippen molar-refractivity contribution in [2.24, 2.45) is 0 Å². The average molecular weight is 522 g/mol. The van der Waals surface area contributed by atoms with Crippen molar-refractivity contribution < 1.29 is 28.2 Å². The fraction of sp³-hybridized carbons (Fsp3) is 0.241. The first kappa shape index (κ1) is 27.1. The lowest BCUT2D eigenvalue weighted by molar-refractivity contribution is -0.144. The van der Waals surface area contributed by atoms with Gasteiger partial charge in [0.05, 0.1) is 17.7 Å². The molecule has 1 unspecified atom stereocenters. The number of carboxylic acids is 1. The van der Waals surface area contributed by atoms with Crippen molar-refractivity contribution in [3.05, 3.63) is 94.0 Å². The van der Waals surface area contributed by atoms with Gasteiger partial charge in [0.25, 0.3) is 0 Å². The Hall–Kier alpha value is -3.97. The van der Waals surface area contributed by atoms with Crippen molar-refractivity contribution in [2.75, 3.05) is 19.6 Å². The van der Waals surface area contributed by atoms with Gasteiger partial charge in [0, 0.05) is 31.7 Å². The highest BCUT2D eigenvalue weighted by Gasteiger charge is 2.35. The largest absolute Gasteiger partial charge is 0.480 e. The minimum Gasteiger partial charge on any atom is -0.480 e. The lowest BCUT2D eigenvalue weighted by Gasteiger charge is -2.34. The normalized spacial score (nSPS) is 16.4. The SMILES string of the molecule is N#Cc1c(C=Cc2cc(CO)c(CN3CCNCC3C(=O)O)cc2C(F)(F)F)cccc1-c1ccccc1. The molecule has 0 bridgehead atoms. The van der Waals surface area contributed by atoms with Crippen LogP contribution in [0.2, 0.25) is 0 Å². The van der Waals surface area contributed by atoms with E-state index in [1.807, 2.05) is 30.3 Å². The van der Waals surface area contributed by atoms with Crippen LogP contribution in [-0.4, -0.2) is 46.8 Å². The molecule has 1 atom stereocenters. The summed E-state index contributed by atoms with van der Waals surface area (Å²) in [6.45, 7) is 0.485. The molecular weight excluding hydrogens is 495 g/mol. The predicted molar refractivity (Wildman–Crippen MR) is 138 cm³/mol. The highest BCUT2D eigenvalue weighted by Crippen LogP contribution is 2.36. The standard InChI is InChI=1S/C29H26F3N3O3/c30-29(31,32)26-14-22(17-35-12-11-34-16-27(35)28(37)38)23(18-36)13-21(26)10-9-20-7-4-8-24(25(20)15-33)19-5-2-1-3-6-19/h1-10,13-14,27,34,36H,11-12,16-18H2,(H,37,38). The number of halogens is 3. The molecule has 1 heterocycles. The minimum absolute atomic E-state index is 0.0423. The van der Waals surface area contributed by atoms with Crippen LogP contribution in [0.4, 0.5) is 13.2 Å². The van der Waals surface area contributed by atoms with Gasteiger partial charge in [-0.25, -0.2) is 0 Å². The van der Waals surface area contributed by atoms with Crippen LogP contribution in [0.1, 0.15) is 33.4 Å². The van der Waals surface area contributed by atoms with E-state index < -0.39 is 30.4 Å². The van der Waals surface area contributed by atoms with Crippen LogP contribution in [0.15, 0.2) is 60.7 Å². The minimum atomic E-state index is -4.69. The number of carbonyl (C=O) groups is 1. The van der Waals surface area contributed by atoms with Crippen LogP contribution in [0.25, 0.3) is 23.3 Å². The molecule has 3 N–H and O–H groups in total. The van der Waals surface area contributed by atoms with E-state index in [1.165, 1.54) is 18.2 Å². The van der Waals surface area contributed by atoms with Crippen molar-refractivity contribution in [1.82, 2.24) is 10.2 Å². The van der Waals surface area contributed by atoms with Gasteiger partial charge in [-0.3, -0.25) is 9.69 Å². The molecule has 1 aliphatic rings. The number of nitrogens with zero attached hydrogens (tertiary/aromatic N) is 2. The Kier molecular flexibility index (Phi) is 8.27. The van der Waals surface area contributed by atoms with Crippen molar-refractivity contribution >= 4 is 18.1 Å². The number of alkyl halides is 3. The number of benzene rings is 3. The number of aliphatic hydroxyl groups is 1. The van der Waals surface area contributed by atoms with Gasteiger partial charge in [-0.05, 0) is 39.9 Å². The summed E-state index contributed by atoms with van der Waals surface area (Å²) in [5.41, 5.74) is 1.71. The van der Waals surface area contributed by atoms with E-state index in [9.17, 15) is 33.4 Å². The zero-order chi connectivity index (χ0) is 27.3. The second kappa shape index (κ2) is 11.6. The molecule has 1 aliphatic heterocycles. The second-order valence-corrected chi connectivity index (χ2v) is 8.97. The van der Waals surface area contributed by atoms with Crippen molar-refractivity contribution in [3.63, 3.8) is 0 Å². The summed E-state index contributed by atoms with van der Waals surface area (Å²) in [6, 6.07) is 18.0. The second-order valence-electron chi connectivity index (χ2n) is 8.97. The van der Waals surface area contributed by atoms with Crippen molar-refractivity contribution in [2.45, 2.75) is 25.4 Å². The maximum absolute atomic E-state index is 14.1. The average Bonchev–Trinajstić information content (AvgIpc) is 2.91. The number of hydrogen-bond donors (Lipinski definition) is 3. The fourth-order valence-electron chi connectivity index (χ4n) is 4.66. The zero-order valence-corrected chi connectivity index (χ0v) is 20.4.